The number of rotatable bonds is 6. The molecule has 0 aliphatic heterocycles. The van der Waals surface area contributed by atoms with E-state index in [2.05, 4.69) is 30.4 Å². The molecule has 3 aliphatic carbocycles. The van der Waals surface area contributed by atoms with E-state index in [0.29, 0.717) is 0 Å². The van der Waals surface area contributed by atoms with Gasteiger partial charge in [0, 0.05) is 0 Å². The molecule has 54 heavy (non-hydrogen) atoms. The van der Waals surface area contributed by atoms with Gasteiger partial charge in [-0.25, -0.2) is 0 Å². The summed E-state index contributed by atoms with van der Waals surface area (Å²) in [7, 11) is 0. The van der Waals surface area contributed by atoms with Crippen LogP contribution in [0, 0.1) is 0 Å². The molecule has 1 aromatic rings. The van der Waals surface area contributed by atoms with Crippen LogP contribution in [0.2, 0.25) is 0 Å². The van der Waals surface area contributed by atoms with Crippen molar-refractivity contribution in [3.05, 3.63) is 0 Å². The molecule has 306 valence electrons. The second kappa shape index (κ2) is 30.6. The fourth-order valence-corrected chi connectivity index (χ4v) is 8.16. The maximum Gasteiger partial charge on any atom is 0.355 e. The van der Waals surface area contributed by atoms with E-state index < -0.39 is 0 Å². The minimum Gasteiger partial charge on any atom is -0.315 e. The lowest BCUT2D eigenvalue weighted by atomic mass is 10.0. The quantitative estimate of drug-likeness (QED) is 0.268. The van der Waals surface area contributed by atoms with Gasteiger partial charge >= 0.3 is 18.0 Å². The molecular weight excluding hydrogens is 673 g/mol. The molecule has 0 spiro atoms. The number of aromatic nitrogens is 3. The molecule has 3 saturated carbocycles. The molecular formula is C45H78N6O3. The molecule has 0 amide bonds. The molecule has 0 N–H and O–H groups in total. The van der Waals surface area contributed by atoms with Crippen LogP contribution >= 0.6 is 0 Å². The standard InChI is InChI=1S/C45H78N6O3/c1-4-10-16-22-28-34-40(35-29-23-17-11-5-1)49-52-43-46-44(53-50-41-36-30-24-18-12-6-2-7-13-19-25-31-37-41)48-45(47-43)54-51-42-38-32-26-20-14-8-3-9-15-21-27-33-39-42/h1-39H2. The lowest BCUT2D eigenvalue weighted by Gasteiger charge is -2.10. The first-order valence-corrected chi connectivity index (χ1v) is 23.3. The molecule has 1 aromatic heterocycles. The van der Waals surface area contributed by atoms with Gasteiger partial charge < -0.3 is 14.5 Å². The molecule has 3 aliphatic rings. The summed E-state index contributed by atoms with van der Waals surface area (Å²) < 4.78 is 0. The van der Waals surface area contributed by atoms with E-state index in [-0.39, 0.29) is 18.0 Å². The van der Waals surface area contributed by atoms with Gasteiger partial charge in [0.1, 0.15) is 0 Å². The summed E-state index contributed by atoms with van der Waals surface area (Å²) in [6.07, 6.45) is 48.1. The third-order valence-corrected chi connectivity index (χ3v) is 11.6. The smallest absolute Gasteiger partial charge is 0.315 e. The van der Waals surface area contributed by atoms with Crippen molar-refractivity contribution < 1.29 is 14.5 Å². The molecule has 9 heteroatoms. The Labute approximate surface area is 329 Å². The van der Waals surface area contributed by atoms with Crippen LogP contribution in [-0.4, -0.2) is 32.1 Å². The second-order valence-electron chi connectivity index (χ2n) is 16.6. The fraction of sp³-hybridized carbons (Fsp3) is 0.867. The fourth-order valence-electron chi connectivity index (χ4n) is 8.16. The van der Waals surface area contributed by atoms with Gasteiger partial charge in [0.15, 0.2) is 0 Å². The highest BCUT2D eigenvalue weighted by molar-refractivity contribution is 5.84. The Bertz CT molecular complexity index is 985. The average Bonchev–Trinajstić information content (AvgIpc) is 3.18. The third-order valence-electron chi connectivity index (χ3n) is 11.6. The maximum atomic E-state index is 5.98. The first kappa shape index (κ1) is 44.1. The summed E-state index contributed by atoms with van der Waals surface area (Å²) in [6, 6.07) is 0.206. The predicted octanol–water partition coefficient (Wildman–Crippen LogP) is 14.3. The summed E-state index contributed by atoms with van der Waals surface area (Å²) >= 11 is 0. The van der Waals surface area contributed by atoms with Crippen molar-refractivity contribution in [2.45, 2.75) is 250 Å². The normalized spacial score (nSPS) is 21.7. The number of hydrogen-bond donors (Lipinski definition) is 0. The van der Waals surface area contributed by atoms with E-state index >= 15 is 0 Å². The highest BCUT2D eigenvalue weighted by Crippen LogP contribution is 2.22. The molecule has 0 unspecified atom stereocenters. The van der Waals surface area contributed by atoms with Gasteiger partial charge in [0.25, 0.3) is 0 Å². The van der Waals surface area contributed by atoms with Crippen LogP contribution in [0.15, 0.2) is 15.5 Å². The number of nitrogens with zero attached hydrogens (tertiary/aromatic N) is 6. The van der Waals surface area contributed by atoms with Gasteiger partial charge in [-0.05, 0) is 77.0 Å². The molecule has 0 aromatic carbocycles. The zero-order valence-corrected chi connectivity index (χ0v) is 34.5. The first-order valence-electron chi connectivity index (χ1n) is 23.3. The van der Waals surface area contributed by atoms with Crippen molar-refractivity contribution in [2.75, 3.05) is 0 Å². The lowest BCUT2D eigenvalue weighted by molar-refractivity contribution is 0.247. The van der Waals surface area contributed by atoms with E-state index in [4.69, 9.17) is 14.5 Å². The zero-order chi connectivity index (χ0) is 37.4. The number of hydrogen-bond acceptors (Lipinski definition) is 9. The van der Waals surface area contributed by atoms with Crippen LogP contribution in [0.4, 0.5) is 0 Å². The van der Waals surface area contributed by atoms with Crippen molar-refractivity contribution in [1.82, 2.24) is 15.0 Å². The monoisotopic (exact) mass is 751 g/mol. The van der Waals surface area contributed by atoms with Crippen LogP contribution in [0.5, 0.6) is 18.0 Å². The SMILES string of the molecule is C1CCCCCCC(=NOc2nc(ON=C3CCCCCCCCCCCCC3)nc(ON=C3CCCCCCCCCCCCC3)n2)CCCCCC1. The molecule has 4 rings (SSSR count). The van der Waals surface area contributed by atoms with E-state index in [1.165, 1.54) is 173 Å². The summed E-state index contributed by atoms with van der Waals surface area (Å²) in [5, 5.41) is 13.9. The minimum absolute atomic E-state index is 0.0688. The van der Waals surface area contributed by atoms with Crippen molar-refractivity contribution in [1.29, 1.82) is 0 Å². The highest BCUT2D eigenvalue weighted by atomic mass is 16.7. The largest absolute Gasteiger partial charge is 0.355 e. The van der Waals surface area contributed by atoms with Crippen LogP contribution in [0.3, 0.4) is 0 Å². The zero-order valence-electron chi connectivity index (χ0n) is 34.5. The van der Waals surface area contributed by atoms with Gasteiger partial charge in [-0.2, -0.15) is 0 Å². The van der Waals surface area contributed by atoms with E-state index in [0.717, 1.165) is 94.2 Å². The molecule has 0 saturated heterocycles. The van der Waals surface area contributed by atoms with E-state index in [9.17, 15) is 0 Å². The van der Waals surface area contributed by atoms with Gasteiger partial charge in [-0.15, -0.1) is 15.0 Å². The Morgan fingerprint density at radius 2 is 0.370 bits per heavy atom. The van der Waals surface area contributed by atoms with Gasteiger partial charge in [0.05, 0.1) is 17.1 Å². The van der Waals surface area contributed by atoms with Crippen LogP contribution in [-0.2, 0) is 0 Å². The molecule has 0 atom stereocenters. The Hall–Kier alpha value is -2.58. The average molecular weight is 751 g/mol. The van der Waals surface area contributed by atoms with Crippen LogP contribution < -0.4 is 14.5 Å². The van der Waals surface area contributed by atoms with Gasteiger partial charge in [0.2, 0.25) is 0 Å². The highest BCUT2D eigenvalue weighted by Gasteiger charge is 2.14. The third kappa shape index (κ3) is 22.1. The topological polar surface area (TPSA) is 103 Å². The molecule has 1 heterocycles. The van der Waals surface area contributed by atoms with E-state index in [1.807, 2.05) is 0 Å². The lowest BCUT2D eigenvalue weighted by Crippen LogP contribution is -2.08. The molecule has 0 bridgehead atoms. The predicted molar refractivity (Wildman–Crippen MR) is 224 cm³/mol. The Balaban J connectivity index is 1.48. The number of oxime groups is 3. The summed E-state index contributed by atoms with van der Waals surface area (Å²) in [6.45, 7) is 0. The molecule has 3 fully saturated rings. The van der Waals surface area contributed by atoms with Crippen molar-refractivity contribution in [3.8, 4) is 18.0 Å². The summed E-state index contributed by atoms with van der Waals surface area (Å²) in [4.78, 5) is 31.5. The molecule has 9 nitrogen and oxygen atoms in total. The first-order chi connectivity index (χ1) is 26.8. The molecule has 0 radical (unpaired) electrons. The van der Waals surface area contributed by atoms with Crippen molar-refractivity contribution in [2.24, 2.45) is 15.5 Å². The summed E-state index contributed by atoms with van der Waals surface area (Å²) in [5.74, 6) is 0. The van der Waals surface area contributed by atoms with Crippen molar-refractivity contribution in [3.63, 3.8) is 0 Å². The summed E-state index contributed by atoms with van der Waals surface area (Å²) in [5.41, 5.74) is 3.24. The van der Waals surface area contributed by atoms with Crippen LogP contribution in [0.25, 0.3) is 0 Å². The Kier molecular flexibility index (Phi) is 25.0. The van der Waals surface area contributed by atoms with Crippen molar-refractivity contribution >= 4 is 17.1 Å². The Morgan fingerprint density at radius 3 is 0.537 bits per heavy atom. The van der Waals surface area contributed by atoms with Crippen LogP contribution in [0.1, 0.15) is 250 Å². The second-order valence-corrected chi connectivity index (χ2v) is 16.6. The van der Waals surface area contributed by atoms with Gasteiger partial charge in [-0.1, -0.05) is 189 Å². The van der Waals surface area contributed by atoms with Gasteiger partial charge in [-0.3, -0.25) is 0 Å². The minimum atomic E-state index is 0.0688. The Morgan fingerprint density at radius 1 is 0.222 bits per heavy atom. The van der Waals surface area contributed by atoms with E-state index in [1.54, 1.807) is 0 Å². The maximum absolute atomic E-state index is 5.98.